The Balaban J connectivity index is 2.07. The quantitative estimate of drug-likeness (QED) is 0.805. The van der Waals surface area contributed by atoms with Crippen LogP contribution in [-0.4, -0.2) is 28.4 Å². The zero-order valence-corrected chi connectivity index (χ0v) is 13.9. The molecule has 5 nitrogen and oxygen atoms in total. The molecule has 1 heterocycles. The first kappa shape index (κ1) is 15.3. The third kappa shape index (κ3) is 3.53. The van der Waals surface area contributed by atoms with E-state index in [0.29, 0.717) is 6.54 Å². The Morgan fingerprint density at radius 3 is 2.85 bits per heavy atom. The highest BCUT2D eigenvalue weighted by Crippen LogP contribution is 2.28. The van der Waals surface area contributed by atoms with Gasteiger partial charge in [0.15, 0.2) is 5.16 Å². The Morgan fingerprint density at radius 1 is 1.40 bits per heavy atom. The Morgan fingerprint density at radius 2 is 2.20 bits per heavy atom. The summed E-state index contributed by atoms with van der Waals surface area (Å²) in [5.74, 6) is 2.56. The van der Waals surface area contributed by atoms with E-state index in [0.717, 1.165) is 33.5 Å². The number of nitrogens with zero attached hydrogens (tertiary/aromatic N) is 3. The topological polar surface area (TPSA) is 66.0 Å². The number of methoxy groups -OCH3 is 1. The van der Waals surface area contributed by atoms with Crippen molar-refractivity contribution in [3.8, 4) is 5.75 Å². The molecule has 1 aromatic carbocycles. The van der Waals surface area contributed by atoms with Crippen molar-refractivity contribution in [3.05, 3.63) is 34.1 Å². The molecule has 0 aliphatic heterocycles. The SMILES string of the molecule is COc1ccc(CSc2nnc(C)n2CCN)cc1Br. The van der Waals surface area contributed by atoms with Gasteiger partial charge < -0.3 is 15.0 Å². The number of benzene rings is 1. The number of rotatable bonds is 6. The molecule has 0 saturated carbocycles. The number of halogens is 1. The van der Waals surface area contributed by atoms with Crippen LogP contribution in [0.1, 0.15) is 11.4 Å². The summed E-state index contributed by atoms with van der Waals surface area (Å²) in [5, 5.41) is 9.19. The summed E-state index contributed by atoms with van der Waals surface area (Å²) in [7, 11) is 1.66. The lowest BCUT2D eigenvalue weighted by Crippen LogP contribution is -2.12. The van der Waals surface area contributed by atoms with E-state index < -0.39 is 0 Å². The van der Waals surface area contributed by atoms with Gasteiger partial charge in [-0.05, 0) is 40.5 Å². The number of thioether (sulfide) groups is 1. The molecule has 0 saturated heterocycles. The van der Waals surface area contributed by atoms with E-state index in [1.807, 2.05) is 23.6 Å². The molecule has 0 amide bonds. The summed E-state index contributed by atoms with van der Waals surface area (Å²) in [6, 6.07) is 6.06. The molecule has 0 unspecified atom stereocenters. The average Bonchev–Trinajstić information content (AvgIpc) is 2.78. The molecule has 7 heteroatoms. The van der Waals surface area contributed by atoms with E-state index >= 15 is 0 Å². The Kier molecular flexibility index (Phi) is 5.45. The summed E-state index contributed by atoms with van der Waals surface area (Å²) >= 11 is 5.15. The van der Waals surface area contributed by atoms with Crippen LogP contribution < -0.4 is 10.5 Å². The van der Waals surface area contributed by atoms with Gasteiger partial charge in [0.05, 0.1) is 11.6 Å². The normalized spacial score (nSPS) is 10.8. The highest BCUT2D eigenvalue weighted by Gasteiger charge is 2.09. The van der Waals surface area contributed by atoms with Crippen LogP contribution in [-0.2, 0) is 12.3 Å². The standard InChI is InChI=1S/C13H17BrN4OS/c1-9-16-17-13(18(9)6-5-15)20-8-10-3-4-12(19-2)11(14)7-10/h3-4,7H,5-6,8,15H2,1-2H3. The van der Waals surface area contributed by atoms with Gasteiger partial charge in [-0.1, -0.05) is 17.8 Å². The second kappa shape index (κ2) is 7.10. The van der Waals surface area contributed by atoms with E-state index in [9.17, 15) is 0 Å². The fourth-order valence-electron chi connectivity index (χ4n) is 1.80. The molecular weight excluding hydrogens is 340 g/mol. The third-order valence-corrected chi connectivity index (χ3v) is 4.50. The maximum atomic E-state index is 5.61. The van der Waals surface area contributed by atoms with Gasteiger partial charge in [-0.3, -0.25) is 0 Å². The summed E-state index contributed by atoms with van der Waals surface area (Å²) in [6.45, 7) is 3.27. The maximum Gasteiger partial charge on any atom is 0.191 e. The molecule has 108 valence electrons. The highest BCUT2D eigenvalue weighted by atomic mass is 79.9. The fraction of sp³-hybridized carbons (Fsp3) is 0.385. The first-order valence-electron chi connectivity index (χ1n) is 6.20. The second-order valence-electron chi connectivity index (χ2n) is 4.23. The third-order valence-electron chi connectivity index (χ3n) is 2.84. The van der Waals surface area contributed by atoms with Crippen molar-refractivity contribution in [2.45, 2.75) is 24.4 Å². The monoisotopic (exact) mass is 356 g/mol. The van der Waals surface area contributed by atoms with Crippen molar-refractivity contribution >= 4 is 27.7 Å². The minimum absolute atomic E-state index is 0.584. The van der Waals surface area contributed by atoms with Crippen LogP contribution in [0.5, 0.6) is 5.75 Å². The molecular formula is C13H17BrN4OS. The lowest BCUT2D eigenvalue weighted by molar-refractivity contribution is 0.412. The summed E-state index contributed by atoms with van der Waals surface area (Å²) in [6.07, 6.45) is 0. The van der Waals surface area contributed by atoms with Crippen LogP contribution in [0.4, 0.5) is 0 Å². The molecule has 20 heavy (non-hydrogen) atoms. The molecule has 1 aromatic heterocycles. The number of hydrogen-bond acceptors (Lipinski definition) is 5. The highest BCUT2D eigenvalue weighted by molar-refractivity contribution is 9.10. The fourth-order valence-corrected chi connectivity index (χ4v) is 3.34. The lowest BCUT2D eigenvalue weighted by atomic mass is 10.2. The van der Waals surface area contributed by atoms with Gasteiger partial charge in [-0.2, -0.15) is 0 Å². The second-order valence-corrected chi connectivity index (χ2v) is 6.02. The number of ether oxygens (including phenoxy) is 1. The van der Waals surface area contributed by atoms with Crippen molar-refractivity contribution < 1.29 is 4.74 Å². The van der Waals surface area contributed by atoms with Crippen molar-refractivity contribution in [1.29, 1.82) is 0 Å². The van der Waals surface area contributed by atoms with E-state index in [2.05, 4.69) is 32.2 Å². The smallest absolute Gasteiger partial charge is 0.191 e. The van der Waals surface area contributed by atoms with Crippen molar-refractivity contribution in [2.24, 2.45) is 5.73 Å². The van der Waals surface area contributed by atoms with Crippen molar-refractivity contribution in [3.63, 3.8) is 0 Å². The van der Waals surface area contributed by atoms with Gasteiger partial charge in [0.25, 0.3) is 0 Å². The molecule has 0 aliphatic rings. The molecule has 0 atom stereocenters. The molecule has 0 spiro atoms. The van der Waals surface area contributed by atoms with Crippen molar-refractivity contribution in [2.75, 3.05) is 13.7 Å². The number of hydrogen-bond donors (Lipinski definition) is 1. The van der Waals surface area contributed by atoms with Gasteiger partial charge >= 0.3 is 0 Å². The van der Waals surface area contributed by atoms with Gasteiger partial charge in [-0.25, -0.2) is 0 Å². The average molecular weight is 357 g/mol. The molecule has 2 aromatic rings. The largest absolute Gasteiger partial charge is 0.496 e. The molecule has 0 bridgehead atoms. The molecule has 0 fully saturated rings. The minimum atomic E-state index is 0.584. The van der Waals surface area contributed by atoms with E-state index in [-0.39, 0.29) is 0 Å². The summed E-state index contributed by atoms with van der Waals surface area (Å²) in [4.78, 5) is 0. The Hall–Kier alpha value is -1.05. The van der Waals surface area contributed by atoms with Crippen LogP contribution in [0.3, 0.4) is 0 Å². The molecule has 2 N–H and O–H groups in total. The summed E-state index contributed by atoms with van der Waals surface area (Å²) < 4.78 is 8.22. The van der Waals surface area contributed by atoms with Crippen LogP contribution in [0.25, 0.3) is 0 Å². The van der Waals surface area contributed by atoms with E-state index in [4.69, 9.17) is 10.5 Å². The maximum absolute atomic E-state index is 5.61. The first-order valence-corrected chi connectivity index (χ1v) is 7.98. The summed E-state index contributed by atoms with van der Waals surface area (Å²) in [5.41, 5.74) is 6.81. The number of aromatic nitrogens is 3. The van der Waals surface area contributed by atoms with E-state index in [1.54, 1.807) is 18.9 Å². The minimum Gasteiger partial charge on any atom is -0.496 e. The van der Waals surface area contributed by atoms with Crippen LogP contribution in [0, 0.1) is 6.92 Å². The Bertz CT molecular complexity index is 588. The van der Waals surface area contributed by atoms with Gasteiger partial charge in [0, 0.05) is 18.8 Å². The molecule has 0 radical (unpaired) electrons. The zero-order valence-electron chi connectivity index (χ0n) is 11.5. The van der Waals surface area contributed by atoms with Crippen LogP contribution in [0.2, 0.25) is 0 Å². The zero-order chi connectivity index (χ0) is 14.5. The Labute approximate surface area is 131 Å². The van der Waals surface area contributed by atoms with Gasteiger partial charge in [0.1, 0.15) is 11.6 Å². The van der Waals surface area contributed by atoms with Crippen LogP contribution >= 0.6 is 27.7 Å². The predicted octanol–water partition coefficient (Wildman–Crippen LogP) is 2.61. The van der Waals surface area contributed by atoms with Gasteiger partial charge in [-0.15, -0.1) is 10.2 Å². The van der Waals surface area contributed by atoms with Crippen LogP contribution in [0.15, 0.2) is 27.8 Å². The molecule has 0 aliphatic carbocycles. The van der Waals surface area contributed by atoms with Gasteiger partial charge in [0.2, 0.25) is 0 Å². The number of nitrogens with two attached hydrogens (primary N) is 1. The molecule has 2 rings (SSSR count). The predicted molar refractivity (Wildman–Crippen MR) is 84.1 cm³/mol. The first-order chi connectivity index (χ1) is 9.65. The lowest BCUT2D eigenvalue weighted by Gasteiger charge is -2.08. The van der Waals surface area contributed by atoms with Crippen molar-refractivity contribution in [1.82, 2.24) is 14.8 Å². The van der Waals surface area contributed by atoms with E-state index in [1.165, 1.54) is 5.56 Å². The number of aryl methyl sites for hydroxylation is 1.